The first-order valence-corrected chi connectivity index (χ1v) is 7.59. The molecular formula is C4H6O8S3. The van der Waals surface area contributed by atoms with Gasteiger partial charge < -0.3 is 0 Å². The predicted molar refractivity (Wildman–Crippen MR) is 50.3 cm³/mol. The Bertz CT molecular complexity index is 524. The Labute approximate surface area is 86.3 Å². The van der Waals surface area contributed by atoms with E-state index in [4.69, 9.17) is 9.11 Å². The summed E-state index contributed by atoms with van der Waals surface area (Å²) in [5, 5.41) is 0.0291. The van der Waals surface area contributed by atoms with Crippen LogP contribution in [0.15, 0.2) is 21.6 Å². The van der Waals surface area contributed by atoms with Gasteiger partial charge in [-0.1, -0.05) is 0 Å². The first-order valence-electron chi connectivity index (χ1n) is 2.97. The molecule has 0 bridgehead atoms. The van der Waals surface area contributed by atoms with Crippen LogP contribution in [0.5, 0.6) is 0 Å². The minimum atomic E-state index is -4.62. The third-order valence-electron chi connectivity index (χ3n) is 0.834. The molecule has 0 aliphatic rings. The van der Waals surface area contributed by atoms with Gasteiger partial charge in [0.2, 0.25) is 0 Å². The van der Waals surface area contributed by atoms with Gasteiger partial charge in [0.15, 0.2) is 9.84 Å². The van der Waals surface area contributed by atoms with Gasteiger partial charge in [0.1, 0.15) is 0 Å². The molecule has 0 fully saturated rings. The summed E-state index contributed by atoms with van der Waals surface area (Å²) in [6, 6.07) is 0. The smallest absolute Gasteiger partial charge is 0.282 e. The van der Waals surface area contributed by atoms with Crippen molar-refractivity contribution in [2.45, 2.75) is 0 Å². The fraction of sp³-hybridized carbons (Fsp3) is 0. The highest BCUT2D eigenvalue weighted by Gasteiger charge is 2.06. The van der Waals surface area contributed by atoms with Crippen molar-refractivity contribution in [1.29, 1.82) is 0 Å². The van der Waals surface area contributed by atoms with Crippen molar-refractivity contribution in [3.8, 4) is 0 Å². The Morgan fingerprint density at radius 2 is 0.867 bits per heavy atom. The van der Waals surface area contributed by atoms with Gasteiger partial charge in [0.25, 0.3) is 20.2 Å². The SMILES string of the molecule is O=S(=O)(O)C=CS(=O)(=O)C=CS(=O)(=O)O. The van der Waals surface area contributed by atoms with Crippen LogP contribution in [0.2, 0.25) is 0 Å². The lowest BCUT2D eigenvalue weighted by Gasteiger charge is -1.88. The van der Waals surface area contributed by atoms with E-state index in [-0.39, 0.29) is 21.6 Å². The van der Waals surface area contributed by atoms with E-state index >= 15 is 0 Å². The zero-order valence-electron chi connectivity index (χ0n) is 6.88. The first-order chi connectivity index (χ1) is 6.41. The van der Waals surface area contributed by atoms with Gasteiger partial charge in [-0.05, 0) is 0 Å². The molecule has 0 rings (SSSR count). The highest BCUT2D eigenvalue weighted by Crippen LogP contribution is 1.99. The molecule has 11 heteroatoms. The highest BCUT2D eigenvalue weighted by molar-refractivity contribution is 7.99. The lowest BCUT2D eigenvalue weighted by atomic mass is 11.2. The van der Waals surface area contributed by atoms with E-state index in [0.717, 1.165) is 0 Å². The van der Waals surface area contributed by atoms with E-state index in [1.165, 1.54) is 0 Å². The van der Waals surface area contributed by atoms with Crippen molar-refractivity contribution in [3.05, 3.63) is 21.6 Å². The molecule has 0 saturated carbocycles. The fourth-order valence-electron chi connectivity index (χ4n) is 0.341. The molecule has 0 saturated heterocycles. The second-order valence-corrected chi connectivity index (χ2v) is 6.49. The monoisotopic (exact) mass is 278 g/mol. The number of sulfone groups is 1. The van der Waals surface area contributed by atoms with Crippen LogP contribution in [-0.2, 0) is 30.1 Å². The molecule has 0 heterocycles. The maximum Gasteiger partial charge on any atom is 0.288 e. The topological polar surface area (TPSA) is 143 Å². The second kappa shape index (κ2) is 4.40. The molecule has 0 aliphatic carbocycles. The molecule has 0 unspecified atom stereocenters. The summed E-state index contributed by atoms with van der Waals surface area (Å²) in [6.07, 6.45) is 0. The summed E-state index contributed by atoms with van der Waals surface area (Å²) < 4.78 is 78.2. The third-order valence-corrected chi connectivity index (χ3v) is 3.17. The van der Waals surface area contributed by atoms with Gasteiger partial charge in [-0.25, -0.2) is 8.42 Å². The van der Waals surface area contributed by atoms with Crippen LogP contribution in [0, 0.1) is 0 Å². The van der Waals surface area contributed by atoms with Crippen LogP contribution >= 0.6 is 0 Å². The summed E-state index contributed by atoms with van der Waals surface area (Å²) >= 11 is 0. The van der Waals surface area contributed by atoms with Crippen LogP contribution in [0.3, 0.4) is 0 Å². The number of hydrogen-bond acceptors (Lipinski definition) is 6. The average Bonchev–Trinajstić information content (AvgIpc) is 1.96. The van der Waals surface area contributed by atoms with E-state index in [2.05, 4.69) is 0 Å². The summed E-state index contributed by atoms with van der Waals surface area (Å²) in [6.45, 7) is 0. The minimum absolute atomic E-state index is 0.0450. The van der Waals surface area contributed by atoms with E-state index in [0.29, 0.717) is 0 Å². The fourth-order valence-corrected chi connectivity index (χ4v) is 2.79. The molecule has 0 aromatic carbocycles. The lowest BCUT2D eigenvalue weighted by molar-refractivity contribution is 0.492. The third kappa shape index (κ3) is 9.55. The zero-order valence-corrected chi connectivity index (χ0v) is 9.33. The Morgan fingerprint density at radius 1 is 0.600 bits per heavy atom. The van der Waals surface area contributed by atoms with Gasteiger partial charge in [-0.15, -0.1) is 0 Å². The summed E-state index contributed by atoms with van der Waals surface area (Å²) in [4.78, 5) is 0. The van der Waals surface area contributed by atoms with E-state index in [1.54, 1.807) is 0 Å². The van der Waals surface area contributed by atoms with Crippen LogP contribution in [0.25, 0.3) is 0 Å². The van der Waals surface area contributed by atoms with Gasteiger partial charge in [-0.2, -0.15) is 16.8 Å². The molecule has 0 aromatic rings. The molecule has 0 aromatic heterocycles. The Morgan fingerprint density at radius 3 is 1.07 bits per heavy atom. The maximum atomic E-state index is 10.8. The molecule has 2 N–H and O–H groups in total. The summed E-state index contributed by atoms with van der Waals surface area (Å²) in [7, 11) is -13.5. The minimum Gasteiger partial charge on any atom is -0.282 e. The van der Waals surface area contributed by atoms with Crippen LogP contribution in [0.1, 0.15) is 0 Å². The van der Waals surface area contributed by atoms with Crippen molar-refractivity contribution in [2.24, 2.45) is 0 Å². The van der Waals surface area contributed by atoms with Gasteiger partial charge in [0, 0.05) is 10.8 Å². The maximum absolute atomic E-state index is 10.8. The van der Waals surface area contributed by atoms with Crippen molar-refractivity contribution in [3.63, 3.8) is 0 Å². The molecule has 0 aliphatic heterocycles. The Kier molecular flexibility index (Phi) is 4.18. The van der Waals surface area contributed by atoms with E-state index in [1.807, 2.05) is 0 Å². The van der Waals surface area contributed by atoms with E-state index in [9.17, 15) is 25.3 Å². The molecule has 8 nitrogen and oxygen atoms in total. The molecule has 0 atom stereocenters. The van der Waals surface area contributed by atoms with Crippen molar-refractivity contribution >= 4 is 30.1 Å². The average molecular weight is 278 g/mol. The molecule has 0 amide bonds. The molecule has 88 valence electrons. The quantitative estimate of drug-likeness (QED) is 0.631. The summed E-state index contributed by atoms with van der Waals surface area (Å²) in [5.41, 5.74) is 0. The second-order valence-electron chi connectivity index (χ2n) is 2.16. The normalized spacial score (nSPS) is 15.1. The number of hydrogen-bond donors (Lipinski definition) is 2. The standard InChI is InChI=1S/C4H6O8S3/c5-13(6,1-3-14(7,8)9)2-4-15(10,11)12/h1-4H,(H,7,8,9)(H,10,11,12). The van der Waals surface area contributed by atoms with Crippen LogP contribution in [-0.4, -0.2) is 34.4 Å². The Balaban J connectivity index is 5.08. The first kappa shape index (κ1) is 14.2. The van der Waals surface area contributed by atoms with Gasteiger partial charge in [0.05, 0.1) is 10.8 Å². The molecular weight excluding hydrogens is 272 g/mol. The molecule has 0 spiro atoms. The van der Waals surface area contributed by atoms with Gasteiger partial charge in [-0.3, -0.25) is 9.11 Å². The Hall–Kier alpha value is -0.750. The largest absolute Gasteiger partial charge is 0.288 e. The van der Waals surface area contributed by atoms with Gasteiger partial charge >= 0.3 is 0 Å². The van der Waals surface area contributed by atoms with Crippen molar-refractivity contribution in [1.82, 2.24) is 0 Å². The van der Waals surface area contributed by atoms with Crippen molar-refractivity contribution in [2.75, 3.05) is 0 Å². The van der Waals surface area contributed by atoms with Crippen molar-refractivity contribution < 1.29 is 34.4 Å². The lowest BCUT2D eigenvalue weighted by Crippen LogP contribution is -1.96. The zero-order chi connectivity index (χ0) is 12.3. The summed E-state index contributed by atoms with van der Waals surface area (Å²) in [5.74, 6) is 0. The number of rotatable bonds is 4. The molecule has 15 heavy (non-hydrogen) atoms. The highest BCUT2D eigenvalue weighted by atomic mass is 32.2. The predicted octanol–water partition coefficient (Wildman–Crippen LogP) is -0.881. The molecule has 0 radical (unpaired) electrons. The van der Waals surface area contributed by atoms with Crippen LogP contribution in [0.4, 0.5) is 0 Å². The van der Waals surface area contributed by atoms with E-state index < -0.39 is 30.1 Å². The van der Waals surface area contributed by atoms with Crippen LogP contribution < -0.4 is 0 Å².